The van der Waals surface area contributed by atoms with Gasteiger partial charge in [-0.15, -0.1) is 0 Å². The highest BCUT2D eigenvalue weighted by Crippen LogP contribution is 2.09. The van der Waals surface area contributed by atoms with E-state index < -0.39 is 0 Å². The Bertz CT molecular complexity index is 368. The Morgan fingerprint density at radius 3 is 2.10 bits per heavy atom. The first-order valence-corrected chi connectivity index (χ1v) is 8.52. The van der Waals surface area contributed by atoms with Crippen molar-refractivity contribution in [2.45, 2.75) is 47.6 Å². The van der Waals surface area contributed by atoms with Crippen LogP contribution in [-0.4, -0.2) is 31.1 Å². The van der Waals surface area contributed by atoms with E-state index in [4.69, 9.17) is 0 Å². The molecule has 0 saturated heterocycles. The average Bonchev–Trinajstić information content (AvgIpc) is 2.43. The van der Waals surface area contributed by atoms with E-state index in [1.165, 1.54) is 17.7 Å². The zero-order valence-corrected chi connectivity index (χ0v) is 14.7. The molecule has 0 bridgehead atoms. The number of rotatable bonds is 10. The van der Waals surface area contributed by atoms with Crippen LogP contribution in [0.2, 0.25) is 0 Å². The standard InChI is InChI=1S/C19H34N2/c1-6-21(14-17(4)5)15-19-9-7-18(8-10-19)11-12-20-13-16(2)3/h7-10,16-17,20H,6,11-15H2,1-5H3. The van der Waals surface area contributed by atoms with Crippen LogP contribution in [0.3, 0.4) is 0 Å². The third kappa shape index (κ3) is 8.23. The Morgan fingerprint density at radius 2 is 1.57 bits per heavy atom. The summed E-state index contributed by atoms with van der Waals surface area (Å²) in [7, 11) is 0. The molecule has 0 amide bonds. The zero-order valence-electron chi connectivity index (χ0n) is 14.7. The minimum atomic E-state index is 0.730. The summed E-state index contributed by atoms with van der Waals surface area (Å²) in [6.07, 6.45) is 1.12. The van der Waals surface area contributed by atoms with E-state index >= 15 is 0 Å². The Morgan fingerprint density at radius 1 is 0.952 bits per heavy atom. The molecule has 0 atom stereocenters. The molecule has 1 N–H and O–H groups in total. The van der Waals surface area contributed by atoms with Crippen LogP contribution in [0.1, 0.15) is 45.7 Å². The minimum absolute atomic E-state index is 0.730. The summed E-state index contributed by atoms with van der Waals surface area (Å²) in [4.78, 5) is 2.52. The molecule has 0 heterocycles. The Balaban J connectivity index is 2.38. The second-order valence-corrected chi connectivity index (χ2v) is 6.89. The smallest absolute Gasteiger partial charge is 0.0233 e. The van der Waals surface area contributed by atoms with Gasteiger partial charge in [-0.2, -0.15) is 0 Å². The van der Waals surface area contributed by atoms with Gasteiger partial charge in [-0.3, -0.25) is 4.90 Å². The van der Waals surface area contributed by atoms with Crippen molar-refractivity contribution < 1.29 is 0 Å². The van der Waals surface area contributed by atoms with Crippen molar-refractivity contribution in [2.24, 2.45) is 11.8 Å². The molecule has 0 unspecified atom stereocenters. The van der Waals surface area contributed by atoms with E-state index in [-0.39, 0.29) is 0 Å². The monoisotopic (exact) mass is 290 g/mol. The van der Waals surface area contributed by atoms with Gasteiger partial charge in [-0.05, 0) is 49.0 Å². The van der Waals surface area contributed by atoms with Gasteiger partial charge in [0.25, 0.3) is 0 Å². The normalized spacial score (nSPS) is 11.8. The first kappa shape index (κ1) is 18.2. The molecule has 120 valence electrons. The van der Waals surface area contributed by atoms with Crippen molar-refractivity contribution >= 4 is 0 Å². The van der Waals surface area contributed by atoms with Gasteiger partial charge in [0.2, 0.25) is 0 Å². The van der Waals surface area contributed by atoms with Crippen molar-refractivity contribution in [2.75, 3.05) is 26.2 Å². The fourth-order valence-corrected chi connectivity index (χ4v) is 2.51. The third-order valence-corrected chi connectivity index (χ3v) is 3.64. The van der Waals surface area contributed by atoms with E-state index in [1.807, 2.05) is 0 Å². The van der Waals surface area contributed by atoms with Crippen molar-refractivity contribution in [1.82, 2.24) is 10.2 Å². The van der Waals surface area contributed by atoms with Crippen molar-refractivity contribution in [3.05, 3.63) is 35.4 Å². The molecule has 1 rings (SSSR count). The Labute approximate surface area is 131 Å². The molecule has 1 aromatic carbocycles. The van der Waals surface area contributed by atoms with Crippen LogP contribution in [0.4, 0.5) is 0 Å². The molecular weight excluding hydrogens is 256 g/mol. The lowest BCUT2D eigenvalue weighted by atomic mass is 10.1. The van der Waals surface area contributed by atoms with Gasteiger partial charge < -0.3 is 5.32 Å². The van der Waals surface area contributed by atoms with Gasteiger partial charge in [0, 0.05) is 13.1 Å². The number of hydrogen-bond donors (Lipinski definition) is 1. The fourth-order valence-electron chi connectivity index (χ4n) is 2.51. The van der Waals surface area contributed by atoms with Crippen LogP contribution in [0.15, 0.2) is 24.3 Å². The largest absolute Gasteiger partial charge is 0.316 e. The second kappa shape index (κ2) is 9.97. The molecule has 21 heavy (non-hydrogen) atoms. The van der Waals surface area contributed by atoms with Gasteiger partial charge in [-0.1, -0.05) is 58.9 Å². The fraction of sp³-hybridized carbons (Fsp3) is 0.684. The SMILES string of the molecule is CCN(Cc1ccc(CCNCC(C)C)cc1)CC(C)C. The topological polar surface area (TPSA) is 15.3 Å². The quantitative estimate of drug-likeness (QED) is 0.656. The summed E-state index contributed by atoms with van der Waals surface area (Å²) >= 11 is 0. The first-order valence-electron chi connectivity index (χ1n) is 8.52. The summed E-state index contributed by atoms with van der Waals surface area (Å²) in [5.74, 6) is 1.46. The van der Waals surface area contributed by atoms with E-state index in [0.29, 0.717) is 0 Å². The summed E-state index contributed by atoms with van der Waals surface area (Å²) in [5.41, 5.74) is 2.86. The maximum Gasteiger partial charge on any atom is 0.0233 e. The van der Waals surface area contributed by atoms with Crippen LogP contribution in [0.25, 0.3) is 0 Å². The second-order valence-electron chi connectivity index (χ2n) is 6.89. The number of benzene rings is 1. The highest BCUT2D eigenvalue weighted by molar-refractivity contribution is 5.22. The molecule has 0 aromatic heterocycles. The van der Waals surface area contributed by atoms with Crippen molar-refractivity contribution in [3.8, 4) is 0 Å². The third-order valence-electron chi connectivity index (χ3n) is 3.64. The molecule has 0 fully saturated rings. The average molecular weight is 290 g/mol. The van der Waals surface area contributed by atoms with E-state index in [0.717, 1.165) is 44.4 Å². The number of nitrogens with one attached hydrogen (secondary N) is 1. The highest BCUT2D eigenvalue weighted by Gasteiger charge is 2.06. The van der Waals surface area contributed by atoms with E-state index in [1.54, 1.807) is 0 Å². The molecular formula is C19H34N2. The van der Waals surface area contributed by atoms with E-state index in [2.05, 4.69) is 69.1 Å². The molecule has 0 aliphatic carbocycles. The summed E-state index contributed by atoms with van der Waals surface area (Å²) in [6, 6.07) is 9.16. The molecule has 2 nitrogen and oxygen atoms in total. The Kier molecular flexibility index (Phi) is 8.63. The van der Waals surface area contributed by atoms with Crippen molar-refractivity contribution in [3.63, 3.8) is 0 Å². The van der Waals surface area contributed by atoms with Crippen LogP contribution in [-0.2, 0) is 13.0 Å². The van der Waals surface area contributed by atoms with Gasteiger partial charge in [0.15, 0.2) is 0 Å². The van der Waals surface area contributed by atoms with Crippen LogP contribution in [0.5, 0.6) is 0 Å². The first-order chi connectivity index (χ1) is 10.0. The van der Waals surface area contributed by atoms with Crippen LogP contribution in [0, 0.1) is 11.8 Å². The number of nitrogens with zero attached hydrogens (tertiary/aromatic N) is 1. The summed E-state index contributed by atoms with van der Waals surface area (Å²) in [5, 5.41) is 3.50. The lowest BCUT2D eigenvalue weighted by Gasteiger charge is -2.22. The maximum atomic E-state index is 3.50. The van der Waals surface area contributed by atoms with Crippen LogP contribution < -0.4 is 5.32 Å². The lowest BCUT2D eigenvalue weighted by Crippen LogP contribution is -2.27. The minimum Gasteiger partial charge on any atom is -0.316 e. The zero-order chi connectivity index (χ0) is 15.7. The Hall–Kier alpha value is -0.860. The van der Waals surface area contributed by atoms with Crippen LogP contribution >= 0.6 is 0 Å². The molecule has 0 aliphatic heterocycles. The predicted molar refractivity (Wildman–Crippen MR) is 93.6 cm³/mol. The lowest BCUT2D eigenvalue weighted by molar-refractivity contribution is 0.248. The maximum absolute atomic E-state index is 3.50. The molecule has 0 spiro atoms. The molecule has 0 aliphatic rings. The van der Waals surface area contributed by atoms with E-state index in [9.17, 15) is 0 Å². The molecule has 0 radical (unpaired) electrons. The molecule has 1 aromatic rings. The van der Waals surface area contributed by atoms with Crippen molar-refractivity contribution in [1.29, 1.82) is 0 Å². The number of hydrogen-bond acceptors (Lipinski definition) is 2. The van der Waals surface area contributed by atoms with Gasteiger partial charge >= 0.3 is 0 Å². The molecule has 2 heteroatoms. The summed E-state index contributed by atoms with van der Waals surface area (Å²) < 4.78 is 0. The van der Waals surface area contributed by atoms with Gasteiger partial charge in [0.1, 0.15) is 0 Å². The summed E-state index contributed by atoms with van der Waals surface area (Å²) in [6.45, 7) is 16.9. The highest BCUT2D eigenvalue weighted by atomic mass is 15.1. The molecule has 0 saturated carbocycles. The van der Waals surface area contributed by atoms with Gasteiger partial charge in [0.05, 0.1) is 0 Å². The predicted octanol–water partition coefficient (Wildman–Crippen LogP) is 3.95. The van der Waals surface area contributed by atoms with Gasteiger partial charge in [-0.25, -0.2) is 0 Å².